The molecule has 0 atom stereocenters. The summed E-state index contributed by atoms with van der Waals surface area (Å²) < 4.78 is 13.1. The van der Waals surface area contributed by atoms with Gasteiger partial charge >= 0.3 is 0 Å². The van der Waals surface area contributed by atoms with Gasteiger partial charge in [-0.3, -0.25) is 4.79 Å². The van der Waals surface area contributed by atoms with Crippen LogP contribution in [-0.4, -0.2) is 24.1 Å². The summed E-state index contributed by atoms with van der Waals surface area (Å²) in [7, 11) is 1.84. The Morgan fingerprint density at radius 1 is 1.13 bits per heavy atom. The molecule has 1 amide bonds. The predicted octanol–water partition coefficient (Wildman–Crippen LogP) is 4.24. The maximum atomic E-state index is 13.1. The number of rotatable bonds is 5. The fraction of sp³-hybridized carbons (Fsp3) is 0.316. The van der Waals surface area contributed by atoms with Gasteiger partial charge in [0.2, 0.25) is 5.91 Å². The van der Waals surface area contributed by atoms with Crippen LogP contribution in [0.2, 0.25) is 0 Å². The Bertz CT molecular complexity index is 692. The van der Waals surface area contributed by atoms with Gasteiger partial charge in [0.1, 0.15) is 5.82 Å². The van der Waals surface area contributed by atoms with Crippen LogP contribution in [0.15, 0.2) is 53.4 Å². The zero-order valence-corrected chi connectivity index (χ0v) is 14.2. The predicted molar refractivity (Wildman–Crippen MR) is 92.0 cm³/mol. The molecule has 3 rings (SSSR count). The molecule has 1 aliphatic carbocycles. The van der Waals surface area contributed by atoms with Crippen molar-refractivity contribution in [1.82, 2.24) is 4.90 Å². The van der Waals surface area contributed by atoms with Crippen molar-refractivity contribution in [2.24, 2.45) is 0 Å². The Labute approximate surface area is 140 Å². The highest BCUT2D eigenvalue weighted by molar-refractivity contribution is 7.98. The van der Waals surface area contributed by atoms with E-state index in [0.717, 1.165) is 24.0 Å². The third-order valence-corrected chi connectivity index (χ3v) is 5.23. The van der Waals surface area contributed by atoms with Crippen LogP contribution in [0.3, 0.4) is 0 Å². The molecule has 0 aromatic heterocycles. The molecule has 0 aliphatic heterocycles. The summed E-state index contributed by atoms with van der Waals surface area (Å²) in [4.78, 5) is 15.9. The number of likely N-dealkylation sites (N-methyl/N-ethyl adjacent to an activating group) is 1. The van der Waals surface area contributed by atoms with E-state index >= 15 is 0 Å². The molecule has 1 saturated carbocycles. The summed E-state index contributed by atoms with van der Waals surface area (Å²) in [5.41, 5.74) is 1.60. The molecule has 0 N–H and O–H groups in total. The molecule has 23 heavy (non-hydrogen) atoms. The van der Waals surface area contributed by atoms with E-state index in [1.165, 1.54) is 17.0 Å². The van der Waals surface area contributed by atoms with Gasteiger partial charge in [0, 0.05) is 18.5 Å². The standard InChI is InChI=1S/C19H20FNOS/c1-21(13-14-3-9-17(23-2)10-4-14)18(22)19(11-12-19)15-5-7-16(20)8-6-15/h3-10H,11-13H2,1-2H3. The van der Waals surface area contributed by atoms with Gasteiger partial charge in [-0.25, -0.2) is 4.39 Å². The van der Waals surface area contributed by atoms with Gasteiger partial charge < -0.3 is 4.90 Å². The van der Waals surface area contributed by atoms with E-state index in [2.05, 4.69) is 24.3 Å². The lowest BCUT2D eigenvalue weighted by atomic mass is 9.94. The van der Waals surface area contributed by atoms with Gasteiger partial charge in [0.25, 0.3) is 0 Å². The van der Waals surface area contributed by atoms with E-state index in [4.69, 9.17) is 0 Å². The van der Waals surface area contributed by atoms with E-state index in [1.54, 1.807) is 28.8 Å². The topological polar surface area (TPSA) is 20.3 Å². The Morgan fingerprint density at radius 2 is 1.74 bits per heavy atom. The third-order valence-electron chi connectivity index (χ3n) is 4.48. The molecule has 0 radical (unpaired) electrons. The van der Waals surface area contributed by atoms with Gasteiger partial charge in [-0.2, -0.15) is 0 Å². The highest BCUT2D eigenvalue weighted by Gasteiger charge is 2.52. The van der Waals surface area contributed by atoms with Crippen molar-refractivity contribution in [1.29, 1.82) is 0 Å². The van der Waals surface area contributed by atoms with E-state index in [0.29, 0.717) is 6.54 Å². The number of carbonyl (C=O) groups excluding carboxylic acids is 1. The fourth-order valence-electron chi connectivity index (χ4n) is 2.96. The van der Waals surface area contributed by atoms with E-state index in [1.807, 2.05) is 13.3 Å². The molecule has 0 heterocycles. The zero-order valence-electron chi connectivity index (χ0n) is 13.4. The number of nitrogens with zero attached hydrogens (tertiary/aromatic N) is 1. The van der Waals surface area contributed by atoms with Gasteiger partial charge in [-0.05, 0) is 54.5 Å². The van der Waals surface area contributed by atoms with Crippen LogP contribution in [0.5, 0.6) is 0 Å². The molecule has 0 spiro atoms. The van der Waals surface area contributed by atoms with Crippen molar-refractivity contribution in [3.8, 4) is 0 Å². The van der Waals surface area contributed by atoms with Gasteiger partial charge in [0.15, 0.2) is 0 Å². The molecular formula is C19H20FNOS. The molecule has 0 unspecified atom stereocenters. The number of halogens is 1. The quantitative estimate of drug-likeness (QED) is 0.765. The third kappa shape index (κ3) is 3.27. The average molecular weight is 329 g/mol. The minimum absolute atomic E-state index is 0.123. The monoisotopic (exact) mass is 329 g/mol. The first-order chi connectivity index (χ1) is 11.0. The van der Waals surface area contributed by atoms with Crippen molar-refractivity contribution >= 4 is 17.7 Å². The second-order valence-electron chi connectivity index (χ2n) is 6.10. The van der Waals surface area contributed by atoms with Crippen LogP contribution in [0.25, 0.3) is 0 Å². The first kappa shape index (κ1) is 16.1. The molecule has 4 heteroatoms. The van der Waals surface area contributed by atoms with Crippen LogP contribution in [0.4, 0.5) is 4.39 Å². The van der Waals surface area contributed by atoms with Crippen molar-refractivity contribution in [3.63, 3.8) is 0 Å². The SMILES string of the molecule is CSc1ccc(CN(C)C(=O)C2(c3ccc(F)cc3)CC2)cc1. The largest absolute Gasteiger partial charge is 0.341 e. The molecule has 2 aromatic rings. The lowest BCUT2D eigenvalue weighted by Crippen LogP contribution is -2.36. The van der Waals surface area contributed by atoms with Crippen LogP contribution in [-0.2, 0) is 16.8 Å². The van der Waals surface area contributed by atoms with Crippen LogP contribution in [0, 0.1) is 5.82 Å². The molecule has 2 nitrogen and oxygen atoms in total. The lowest BCUT2D eigenvalue weighted by molar-refractivity contribution is -0.133. The second kappa shape index (κ2) is 6.36. The summed E-state index contributed by atoms with van der Waals surface area (Å²) in [6, 6.07) is 14.6. The number of carbonyl (C=O) groups is 1. The summed E-state index contributed by atoms with van der Waals surface area (Å²) in [5, 5.41) is 0. The minimum atomic E-state index is -0.443. The highest BCUT2D eigenvalue weighted by atomic mass is 32.2. The Balaban J connectivity index is 1.72. The summed E-state index contributed by atoms with van der Waals surface area (Å²) in [6.45, 7) is 0.594. The Hall–Kier alpha value is -1.81. The average Bonchev–Trinajstić information content (AvgIpc) is 3.37. The maximum absolute atomic E-state index is 13.1. The van der Waals surface area contributed by atoms with Crippen molar-refractivity contribution < 1.29 is 9.18 Å². The van der Waals surface area contributed by atoms with E-state index in [-0.39, 0.29) is 11.7 Å². The van der Waals surface area contributed by atoms with Crippen LogP contribution < -0.4 is 0 Å². The number of benzene rings is 2. The number of thioether (sulfide) groups is 1. The molecule has 1 aliphatic rings. The maximum Gasteiger partial charge on any atom is 0.233 e. The molecule has 1 fully saturated rings. The zero-order chi connectivity index (χ0) is 16.4. The number of hydrogen-bond donors (Lipinski definition) is 0. The van der Waals surface area contributed by atoms with E-state index < -0.39 is 5.41 Å². The van der Waals surface area contributed by atoms with Crippen LogP contribution >= 0.6 is 11.8 Å². The second-order valence-corrected chi connectivity index (χ2v) is 6.98. The summed E-state index contributed by atoms with van der Waals surface area (Å²) in [5.74, 6) is -0.141. The lowest BCUT2D eigenvalue weighted by Gasteiger charge is -2.24. The van der Waals surface area contributed by atoms with E-state index in [9.17, 15) is 9.18 Å². The fourth-order valence-corrected chi connectivity index (χ4v) is 3.37. The first-order valence-corrected chi connectivity index (χ1v) is 8.92. The van der Waals surface area contributed by atoms with Gasteiger partial charge in [-0.15, -0.1) is 11.8 Å². The molecule has 0 bridgehead atoms. The Morgan fingerprint density at radius 3 is 2.26 bits per heavy atom. The summed E-state index contributed by atoms with van der Waals surface area (Å²) >= 11 is 1.70. The first-order valence-electron chi connectivity index (χ1n) is 7.70. The Kier molecular flexibility index (Phi) is 4.44. The summed E-state index contributed by atoms with van der Waals surface area (Å²) in [6.07, 6.45) is 3.73. The number of amides is 1. The van der Waals surface area contributed by atoms with Crippen molar-refractivity contribution in [3.05, 3.63) is 65.5 Å². The van der Waals surface area contributed by atoms with Gasteiger partial charge in [-0.1, -0.05) is 24.3 Å². The van der Waals surface area contributed by atoms with Crippen LogP contribution in [0.1, 0.15) is 24.0 Å². The van der Waals surface area contributed by atoms with Gasteiger partial charge in [0.05, 0.1) is 5.41 Å². The van der Waals surface area contributed by atoms with Crippen molar-refractivity contribution in [2.45, 2.75) is 29.7 Å². The molecule has 0 saturated heterocycles. The smallest absolute Gasteiger partial charge is 0.233 e. The number of hydrogen-bond acceptors (Lipinski definition) is 2. The van der Waals surface area contributed by atoms with Crippen molar-refractivity contribution in [2.75, 3.05) is 13.3 Å². The molecule has 120 valence electrons. The normalized spacial score (nSPS) is 15.3. The highest BCUT2D eigenvalue weighted by Crippen LogP contribution is 2.49. The molecular weight excluding hydrogens is 309 g/mol. The molecule has 2 aromatic carbocycles. The minimum Gasteiger partial charge on any atom is -0.341 e.